The van der Waals surface area contributed by atoms with E-state index in [2.05, 4.69) is 0 Å². The van der Waals surface area contributed by atoms with Gasteiger partial charge in [-0.25, -0.2) is 0 Å². The largest absolute Gasteiger partial charge is 0.382 e. The summed E-state index contributed by atoms with van der Waals surface area (Å²) >= 11 is 0. The lowest BCUT2D eigenvalue weighted by atomic mass is 9.97. The molecule has 1 fully saturated rings. The number of carbonyl (C=O) groups excluding carboxylic acids is 1. The van der Waals surface area contributed by atoms with Crippen LogP contribution in [0, 0.1) is 5.92 Å². The lowest BCUT2D eigenvalue weighted by Gasteiger charge is -2.31. The molecule has 0 aliphatic carbocycles. The minimum atomic E-state index is 0.0755. The van der Waals surface area contributed by atoms with Gasteiger partial charge in [0.1, 0.15) is 6.61 Å². The Morgan fingerprint density at radius 2 is 2.06 bits per heavy atom. The van der Waals surface area contributed by atoms with Crippen molar-refractivity contribution < 1.29 is 14.3 Å². The first kappa shape index (κ1) is 13.4. The molecular weight excluding hydrogens is 208 g/mol. The van der Waals surface area contributed by atoms with Crippen molar-refractivity contribution in [2.24, 2.45) is 11.7 Å². The zero-order chi connectivity index (χ0) is 11.8. The highest BCUT2D eigenvalue weighted by Gasteiger charge is 2.21. The van der Waals surface area contributed by atoms with Crippen molar-refractivity contribution in [3.63, 3.8) is 0 Å². The summed E-state index contributed by atoms with van der Waals surface area (Å²) in [5.74, 6) is 0.657. The molecule has 0 unspecified atom stereocenters. The first-order valence-electron chi connectivity index (χ1n) is 5.82. The van der Waals surface area contributed by atoms with Crippen LogP contribution in [0.15, 0.2) is 0 Å². The zero-order valence-corrected chi connectivity index (χ0v) is 9.98. The average Bonchev–Trinajstić information content (AvgIpc) is 2.34. The van der Waals surface area contributed by atoms with Crippen LogP contribution in [-0.2, 0) is 14.3 Å². The second-order valence-corrected chi connectivity index (χ2v) is 4.11. The lowest BCUT2D eigenvalue weighted by molar-refractivity contribution is -0.137. The minimum Gasteiger partial charge on any atom is -0.382 e. The number of carbonyl (C=O) groups is 1. The number of piperidine rings is 1. The Kier molecular flexibility index (Phi) is 6.37. The molecule has 2 N–H and O–H groups in total. The van der Waals surface area contributed by atoms with Gasteiger partial charge in [-0.15, -0.1) is 0 Å². The van der Waals surface area contributed by atoms with E-state index < -0.39 is 0 Å². The van der Waals surface area contributed by atoms with Gasteiger partial charge in [-0.05, 0) is 25.3 Å². The third-order valence-electron chi connectivity index (χ3n) is 2.96. The molecule has 0 spiro atoms. The maximum Gasteiger partial charge on any atom is 0.248 e. The number of hydrogen-bond donors (Lipinski definition) is 1. The van der Waals surface area contributed by atoms with E-state index in [4.69, 9.17) is 15.2 Å². The highest BCUT2D eigenvalue weighted by Crippen LogP contribution is 2.15. The number of hydrogen-bond acceptors (Lipinski definition) is 4. The minimum absolute atomic E-state index is 0.0755. The first-order chi connectivity index (χ1) is 7.77. The maximum absolute atomic E-state index is 11.7. The van der Waals surface area contributed by atoms with Crippen LogP contribution >= 0.6 is 0 Å². The monoisotopic (exact) mass is 230 g/mol. The topological polar surface area (TPSA) is 64.8 Å². The van der Waals surface area contributed by atoms with Crippen LogP contribution < -0.4 is 5.73 Å². The smallest absolute Gasteiger partial charge is 0.248 e. The molecule has 0 bridgehead atoms. The number of likely N-dealkylation sites (tertiary alicyclic amines) is 1. The fourth-order valence-electron chi connectivity index (χ4n) is 1.81. The summed E-state index contributed by atoms with van der Waals surface area (Å²) < 4.78 is 10.0. The van der Waals surface area contributed by atoms with Gasteiger partial charge in [0, 0.05) is 20.2 Å². The Balaban J connectivity index is 2.13. The molecule has 94 valence electrons. The number of ether oxygens (including phenoxy) is 2. The molecule has 0 aromatic rings. The first-order valence-corrected chi connectivity index (χ1v) is 5.82. The Labute approximate surface area is 96.9 Å². The van der Waals surface area contributed by atoms with Crippen molar-refractivity contribution in [1.29, 1.82) is 0 Å². The molecule has 5 heteroatoms. The molecule has 1 aliphatic rings. The molecule has 0 aromatic carbocycles. The van der Waals surface area contributed by atoms with Crippen LogP contribution in [0.25, 0.3) is 0 Å². The Morgan fingerprint density at radius 3 is 2.62 bits per heavy atom. The van der Waals surface area contributed by atoms with E-state index in [1.54, 1.807) is 7.11 Å². The molecule has 0 atom stereocenters. The molecule has 0 saturated carbocycles. The van der Waals surface area contributed by atoms with Gasteiger partial charge in [0.05, 0.1) is 13.2 Å². The molecule has 1 amide bonds. The van der Waals surface area contributed by atoms with Gasteiger partial charge < -0.3 is 20.1 Å². The standard InChI is InChI=1S/C11H22N2O3/c1-15-6-7-16-9-11(14)13-4-2-10(8-12)3-5-13/h10H,2-9,12H2,1H3. The fourth-order valence-corrected chi connectivity index (χ4v) is 1.81. The van der Waals surface area contributed by atoms with E-state index in [1.807, 2.05) is 4.90 Å². The second kappa shape index (κ2) is 7.60. The van der Waals surface area contributed by atoms with Crippen molar-refractivity contribution in [3.8, 4) is 0 Å². The van der Waals surface area contributed by atoms with Gasteiger partial charge in [-0.3, -0.25) is 4.79 Å². The van der Waals surface area contributed by atoms with Crippen LogP contribution in [0.2, 0.25) is 0 Å². The van der Waals surface area contributed by atoms with E-state index in [-0.39, 0.29) is 12.5 Å². The van der Waals surface area contributed by atoms with E-state index in [1.165, 1.54) is 0 Å². The summed E-state index contributed by atoms with van der Waals surface area (Å²) in [6.07, 6.45) is 2.03. The lowest BCUT2D eigenvalue weighted by Crippen LogP contribution is -2.41. The van der Waals surface area contributed by atoms with Crippen molar-refractivity contribution in [2.75, 3.05) is 46.6 Å². The van der Waals surface area contributed by atoms with Gasteiger partial charge in [0.2, 0.25) is 5.91 Å². The summed E-state index contributed by atoms with van der Waals surface area (Å²) in [5, 5.41) is 0. The van der Waals surface area contributed by atoms with Gasteiger partial charge in [-0.1, -0.05) is 0 Å². The van der Waals surface area contributed by atoms with Crippen LogP contribution in [0.4, 0.5) is 0 Å². The zero-order valence-electron chi connectivity index (χ0n) is 9.98. The molecule has 5 nitrogen and oxygen atoms in total. The van der Waals surface area contributed by atoms with E-state index in [9.17, 15) is 4.79 Å². The Morgan fingerprint density at radius 1 is 1.38 bits per heavy atom. The molecule has 1 aliphatic heterocycles. The van der Waals surface area contributed by atoms with Gasteiger partial charge in [0.25, 0.3) is 0 Å². The fraction of sp³-hybridized carbons (Fsp3) is 0.909. The SMILES string of the molecule is COCCOCC(=O)N1CCC(CN)CC1. The Hall–Kier alpha value is -0.650. The van der Waals surface area contributed by atoms with Crippen LogP contribution in [0.5, 0.6) is 0 Å². The van der Waals surface area contributed by atoms with Crippen LogP contribution in [-0.4, -0.2) is 57.4 Å². The summed E-state index contributed by atoms with van der Waals surface area (Å²) in [5.41, 5.74) is 5.60. The maximum atomic E-state index is 11.7. The molecule has 1 rings (SSSR count). The predicted molar refractivity (Wildman–Crippen MR) is 61.1 cm³/mol. The van der Waals surface area contributed by atoms with Crippen molar-refractivity contribution in [3.05, 3.63) is 0 Å². The highest BCUT2D eigenvalue weighted by molar-refractivity contribution is 5.77. The molecule has 1 saturated heterocycles. The quantitative estimate of drug-likeness (QED) is 0.644. The highest BCUT2D eigenvalue weighted by atomic mass is 16.5. The molecular formula is C11H22N2O3. The second-order valence-electron chi connectivity index (χ2n) is 4.11. The summed E-state index contributed by atoms with van der Waals surface area (Å²) in [4.78, 5) is 13.5. The number of rotatable bonds is 6. The van der Waals surface area contributed by atoms with Gasteiger partial charge in [0.15, 0.2) is 0 Å². The van der Waals surface area contributed by atoms with Crippen molar-refractivity contribution in [1.82, 2.24) is 4.90 Å². The molecule has 0 radical (unpaired) electrons. The number of nitrogens with zero attached hydrogens (tertiary/aromatic N) is 1. The average molecular weight is 230 g/mol. The summed E-state index contributed by atoms with van der Waals surface area (Å²) in [6.45, 7) is 3.52. The van der Waals surface area contributed by atoms with Gasteiger partial charge in [-0.2, -0.15) is 0 Å². The van der Waals surface area contributed by atoms with Crippen LogP contribution in [0.3, 0.4) is 0 Å². The van der Waals surface area contributed by atoms with E-state index >= 15 is 0 Å². The number of methoxy groups -OCH3 is 1. The molecule has 1 heterocycles. The third kappa shape index (κ3) is 4.47. The summed E-state index contributed by atoms with van der Waals surface area (Å²) in [7, 11) is 1.61. The summed E-state index contributed by atoms with van der Waals surface area (Å²) in [6, 6.07) is 0. The van der Waals surface area contributed by atoms with Crippen LogP contribution in [0.1, 0.15) is 12.8 Å². The van der Waals surface area contributed by atoms with Gasteiger partial charge >= 0.3 is 0 Å². The van der Waals surface area contributed by atoms with E-state index in [0.29, 0.717) is 19.1 Å². The Bertz CT molecular complexity index is 203. The van der Waals surface area contributed by atoms with Crippen molar-refractivity contribution >= 4 is 5.91 Å². The van der Waals surface area contributed by atoms with E-state index in [0.717, 1.165) is 32.5 Å². The predicted octanol–water partition coefficient (Wildman–Crippen LogP) is -0.153. The number of amides is 1. The molecule has 16 heavy (non-hydrogen) atoms. The van der Waals surface area contributed by atoms with Crippen molar-refractivity contribution in [2.45, 2.75) is 12.8 Å². The molecule has 0 aromatic heterocycles. The third-order valence-corrected chi connectivity index (χ3v) is 2.96. The number of nitrogens with two attached hydrogens (primary N) is 1. The normalized spacial score (nSPS) is 17.8.